The molecule has 0 amide bonds. The molecule has 0 unspecified atom stereocenters. The van der Waals surface area contributed by atoms with Crippen LogP contribution in [0.1, 0.15) is 50.7 Å². The fourth-order valence-electron chi connectivity index (χ4n) is 1.57. The van der Waals surface area contributed by atoms with Gasteiger partial charge in [-0.15, -0.1) is 5.92 Å². The molecule has 17 heavy (non-hydrogen) atoms. The highest BCUT2D eigenvalue weighted by Gasteiger charge is 2.02. The van der Waals surface area contributed by atoms with Crippen LogP contribution >= 0.6 is 15.9 Å². The second-order valence-corrected chi connectivity index (χ2v) is 5.00. The summed E-state index contributed by atoms with van der Waals surface area (Å²) in [7, 11) is 0. The number of unbranched alkanes of at least 4 members (excludes halogenated alkanes) is 4. The van der Waals surface area contributed by atoms with E-state index in [0.29, 0.717) is 0 Å². The molecule has 0 saturated heterocycles. The van der Waals surface area contributed by atoms with Crippen molar-refractivity contribution in [2.75, 3.05) is 0 Å². The normalized spacial score (nSPS) is 11.7. The zero-order valence-electron chi connectivity index (χ0n) is 10.2. The van der Waals surface area contributed by atoms with Crippen molar-refractivity contribution in [3.8, 4) is 11.8 Å². The fourth-order valence-corrected chi connectivity index (χ4v) is 1.99. The van der Waals surface area contributed by atoms with Crippen molar-refractivity contribution in [3.05, 3.63) is 34.3 Å². The monoisotopic (exact) mass is 294 g/mol. The fraction of sp³-hybridized carbons (Fsp3) is 0.467. The third-order valence-corrected chi connectivity index (χ3v) is 3.05. The van der Waals surface area contributed by atoms with E-state index >= 15 is 0 Å². The number of hydrogen-bond donors (Lipinski definition) is 1. The Morgan fingerprint density at radius 1 is 1.29 bits per heavy atom. The summed E-state index contributed by atoms with van der Waals surface area (Å²) in [5.74, 6) is 5.93. The average molecular weight is 295 g/mol. The molecule has 0 bridgehead atoms. The Morgan fingerprint density at radius 3 is 2.82 bits per heavy atom. The Bertz CT molecular complexity index is 389. The molecule has 1 atom stereocenters. The molecule has 0 saturated carbocycles. The Balaban J connectivity index is 2.38. The van der Waals surface area contributed by atoms with E-state index in [1.165, 1.54) is 19.3 Å². The molecule has 0 aliphatic rings. The van der Waals surface area contributed by atoms with Crippen molar-refractivity contribution in [2.45, 2.75) is 45.1 Å². The van der Waals surface area contributed by atoms with E-state index in [1.807, 2.05) is 24.3 Å². The largest absolute Gasteiger partial charge is 0.376 e. The molecule has 0 spiro atoms. The number of rotatable bonds is 5. The van der Waals surface area contributed by atoms with Crippen molar-refractivity contribution >= 4 is 15.9 Å². The maximum atomic E-state index is 9.85. The van der Waals surface area contributed by atoms with Gasteiger partial charge in [0.05, 0.1) is 0 Å². The van der Waals surface area contributed by atoms with Crippen molar-refractivity contribution < 1.29 is 5.11 Å². The van der Waals surface area contributed by atoms with Crippen molar-refractivity contribution in [3.63, 3.8) is 0 Å². The zero-order valence-corrected chi connectivity index (χ0v) is 11.8. The molecule has 1 aromatic carbocycles. The minimum Gasteiger partial charge on any atom is -0.376 e. The van der Waals surface area contributed by atoms with Crippen LogP contribution in [0.2, 0.25) is 0 Å². The molecule has 1 rings (SSSR count). The van der Waals surface area contributed by atoms with E-state index in [2.05, 4.69) is 34.7 Å². The Morgan fingerprint density at radius 2 is 2.12 bits per heavy atom. The molecule has 1 nitrogen and oxygen atoms in total. The Hall–Kier alpha value is -0.780. The molecule has 1 aromatic rings. The molecule has 0 aromatic heterocycles. The van der Waals surface area contributed by atoms with Gasteiger partial charge in [-0.2, -0.15) is 0 Å². The highest BCUT2D eigenvalue weighted by molar-refractivity contribution is 9.10. The summed E-state index contributed by atoms with van der Waals surface area (Å²) < 4.78 is 0.971. The lowest BCUT2D eigenvalue weighted by Gasteiger charge is -2.03. The van der Waals surface area contributed by atoms with Gasteiger partial charge in [0.1, 0.15) is 6.10 Å². The minimum absolute atomic E-state index is 0.668. The summed E-state index contributed by atoms with van der Waals surface area (Å²) in [6, 6.07) is 7.64. The average Bonchev–Trinajstić information content (AvgIpc) is 2.33. The lowest BCUT2D eigenvalue weighted by Crippen LogP contribution is -1.93. The summed E-state index contributed by atoms with van der Waals surface area (Å²) in [4.78, 5) is 0. The van der Waals surface area contributed by atoms with Crippen molar-refractivity contribution in [2.24, 2.45) is 0 Å². The van der Waals surface area contributed by atoms with Gasteiger partial charge in [0.2, 0.25) is 0 Å². The summed E-state index contributed by atoms with van der Waals surface area (Å²) in [5, 5.41) is 9.85. The van der Waals surface area contributed by atoms with E-state index in [9.17, 15) is 5.11 Å². The zero-order chi connectivity index (χ0) is 12.5. The number of benzene rings is 1. The van der Waals surface area contributed by atoms with Crippen LogP contribution in [0.25, 0.3) is 0 Å². The van der Waals surface area contributed by atoms with Crippen LogP contribution in [0.3, 0.4) is 0 Å². The lowest BCUT2D eigenvalue weighted by atomic mass is 10.1. The highest BCUT2D eigenvalue weighted by Crippen LogP contribution is 2.17. The first-order valence-corrected chi connectivity index (χ1v) is 6.95. The van der Waals surface area contributed by atoms with Crippen LogP contribution in [0, 0.1) is 11.8 Å². The number of aliphatic hydroxyl groups is 1. The molecular weight excluding hydrogens is 276 g/mol. The molecule has 1 N–H and O–H groups in total. The first-order valence-electron chi connectivity index (χ1n) is 6.16. The summed E-state index contributed by atoms with van der Waals surface area (Å²) >= 11 is 3.38. The van der Waals surface area contributed by atoms with Gasteiger partial charge in [0, 0.05) is 10.9 Å². The first kappa shape index (κ1) is 14.3. The van der Waals surface area contributed by atoms with E-state index in [1.54, 1.807) is 0 Å². The predicted molar refractivity (Wildman–Crippen MR) is 75.6 cm³/mol. The van der Waals surface area contributed by atoms with E-state index in [4.69, 9.17) is 0 Å². The third-order valence-electron chi connectivity index (χ3n) is 2.56. The molecule has 0 heterocycles. The van der Waals surface area contributed by atoms with Crippen LogP contribution in [-0.4, -0.2) is 5.11 Å². The van der Waals surface area contributed by atoms with E-state index in [0.717, 1.165) is 22.9 Å². The predicted octanol–water partition coefficient (Wildman–Crippen LogP) is 4.46. The maximum Gasteiger partial charge on any atom is 0.140 e. The number of halogens is 1. The van der Waals surface area contributed by atoms with Gasteiger partial charge in [-0.3, -0.25) is 0 Å². The summed E-state index contributed by atoms with van der Waals surface area (Å²) in [6.07, 6.45) is 5.10. The number of hydrogen-bond acceptors (Lipinski definition) is 1. The van der Waals surface area contributed by atoms with E-state index in [-0.39, 0.29) is 0 Å². The van der Waals surface area contributed by atoms with Crippen LogP contribution < -0.4 is 0 Å². The smallest absolute Gasteiger partial charge is 0.140 e. The van der Waals surface area contributed by atoms with Crippen LogP contribution in [0.5, 0.6) is 0 Å². The van der Waals surface area contributed by atoms with Gasteiger partial charge in [0.15, 0.2) is 0 Å². The molecule has 0 fully saturated rings. The van der Waals surface area contributed by atoms with Crippen molar-refractivity contribution in [1.82, 2.24) is 0 Å². The van der Waals surface area contributed by atoms with Crippen LogP contribution in [0.4, 0.5) is 0 Å². The number of aliphatic hydroxyl groups excluding tert-OH is 1. The molecule has 92 valence electrons. The summed E-state index contributed by atoms with van der Waals surface area (Å²) in [5.41, 5.74) is 0.848. The van der Waals surface area contributed by atoms with Gasteiger partial charge in [0.25, 0.3) is 0 Å². The quantitative estimate of drug-likeness (QED) is 0.628. The van der Waals surface area contributed by atoms with Gasteiger partial charge in [-0.1, -0.05) is 60.2 Å². The standard InChI is InChI=1S/C15H19BrO/c1-2-3-4-5-6-7-11-15(17)13-9-8-10-14(16)12-13/h8-10,12,15,17H,2-6H2,1H3/t15-/m0/s1. The minimum atomic E-state index is -0.668. The second kappa shape index (κ2) is 8.33. The van der Waals surface area contributed by atoms with Gasteiger partial charge in [-0.25, -0.2) is 0 Å². The topological polar surface area (TPSA) is 20.2 Å². The Labute approximate surface area is 112 Å². The first-order chi connectivity index (χ1) is 8.24. The van der Waals surface area contributed by atoms with Gasteiger partial charge < -0.3 is 5.11 Å². The summed E-state index contributed by atoms with van der Waals surface area (Å²) in [6.45, 7) is 2.20. The molecule has 0 radical (unpaired) electrons. The van der Waals surface area contributed by atoms with Gasteiger partial charge in [-0.05, 0) is 24.1 Å². The van der Waals surface area contributed by atoms with Crippen LogP contribution in [0.15, 0.2) is 28.7 Å². The molecule has 2 heteroatoms. The van der Waals surface area contributed by atoms with Crippen molar-refractivity contribution in [1.29, 1.82) is 0 Å². The SMILES string of the molecule is CCCCCCC#C[C@H](O)c1cccc(Br)c1. The van der Waals surface area contributed by atoms with Gasteiger partial charge >= 0.3 is 0 Å². The lowest BCUT2D eigenvalue weighted by molar-refractivity contribution is 0.238. The third kappa shape index (κ3) is 5.91. The van der Waals surface area contributed by atoms with E-state index < -0.39 is 6.10 Å². The second-order valence-electron chi connectivity index (χ2n) is 4.09. The maximum absolute atomic E-state index is 9.85. The molecular formula is C15H19BrO. The molecule has 0 aliphatic carbocycles. The Kier molecular flexibility index (Phi) is 7.00. The molecule has 0 aliphatic heterocycles. The van der Waals surface area contributed by atoms with Crippen LogP contribution in [-0.2, 0) is 0 Å². The highest BCUT2D eigenvalue weighted by atomic mass is 79.9.